The number of carbonyl (C=O) groups is 1. The predicted molar refractivity (Wildman–Crippen MR) is 65.9 cm³/mol. The van der Waals surface area contributed by atoms with Crippen LogP contribution < -0.4 is 5.32 Å². The van der Waals surface area contributed by atoms with E-state index in [1.807, 2.05) is 5.32 Å². The summed E-state index contributed by atoms with van der Waals surface area (Å²) >= 11 is 0. The predicted octanol–water partition coefficient (Wildman–Crippen LogP) is 1.92. The molecule has 121 valence electrons. The summed E-state index contributed by atoms with van der Waals surface area (Å²) in [6, 6.07) is -0.784. The van der Waals surface area contributed by atoms with Gasteiger partial charge in [-0.15, -0.1) is 0 Å². The Kier molecular flexibility index (Phi) is 5.45. The number of alkyl halides is 3. The van der Waals surface area contributed by atoms with Gasteiger partial charge in [0.2, 0.25) is 0 Å². The van der Waals surface area contributed by atoms with Gasteiger partial charge in [0.1, 0.15) is 6.10 Å². The minimum Gasteiger partial charge on any atom is -0.370 e. The van der Waals surface area contributed by atoms with Crippen molar-refractivity contribution >= 4 is 5.91 Å². The lowest BCUT2D eigenvalue weighted by molar-refractivity contribution is -0.223. The van der Waals surface area contributed by atoms with E-state index in [0.29, 0.717) is 13.0 Å². The lowest BCUT2D eigenvalue weighted by Gasteiger charge is -2.39. The Labute approximate surface area is 121 Å². The van der Waals surface area contributed by atoms with Crippen molar-refractivity contribution in [3.8, 4) is 0 Å². The molecule has 2 aliphatic heterocycles. The van der Waals surface area contributed by atoms with Crippen LogP contribution in [0, 0.1) is 6.61 Å². The third-order valence-electron chi connectivity index (χ3n) is 3.54. The van der Waals surface area contributed by atoms with Crippen molar-refractivity contribution in [1.82, 2.24) is 5.32 Å². The molecule has 1 N–H and O–H groups in total. The molecule has 5 nitrogen and oxygen atoms in total. The molecule has 4 unspecified atom stereocenters. The van der Waals surface area contributed by atoms with Crippen molar-refractivity contribution in [3.63, 3.8) is 0 Å². The molecule has 0 saturated carbocycles. The van der Waals surface area contributed by atoms with Gasteiger partial charge in [-0.3, -0.25) is 4.79 Å². The van der Waals surface area contributed by atoms with Gasteiger partial charge in [-0.05, 0) is 32.6 Å². The number of nitrogens with one attached hydrogen (secondary N) is 1. The first-order valence-corrected chi connectivity index (χ1v) is 7.00. The van der Waals surface area contributed by atoms with Crippen molar-refractivity contribution in [2.75, 3.05) is 6.61 Å². The number of halogens is 3. The lowest BCUT2D eigenvalue weighted by Crippen LogP contribution is -2.56. The molecule has 4 atom stereocenters. The van der Waals surface area contributed by atoms with E-state index in [-0.39, 0.29) is 6.42 Å². The highest BCUT2D eigenvalue weighted by molar-refractivity contribution is 5.82. The van der Waals surface area contributed by atoms with Gasteiger partial charge in [0.25, 0.3) is 0 Å². The monoisotopic (exact) mass is 310 g/mol. The van der Waals surface area contributed by atoms with Gasteiger partial charge in [0.05, 0.1) is 18.8 Å². The maximum atomic E-state index is 12.4. The van der Waals surface area contributed by atoms with Crippen LogP contribution in [0.15, 0.2) is 0 Å². The van der Waals surface area contributed by atoms with Crippen LogP contribution in [0.5, 0.6) is 0 Å². The smallest absolute Gasteiger partial charge is 0.370 e. The van der Waals surface area contributed by atoms with E-state index >= 15 is 0 Å². The van der Waals surface area contributed by atoms with Gasteiger partial charge in [-0.25, -0.2) is 0 Å². The molecule has 1 amide bonds. The minimum absolute atomic E-state index is 0.156. The molecule has 0 aromatic rings. The second kappa shape index (κ2) is 6.93. The van der Waals surface area contributed by atoms with Gasteiger partial charge in [0.15, 0.2) is 6.29 Å². The Morgan fingerprint density at radius 2 is 2.14 bits per heavy atom. The van der Waals surface area contributed by atoms with E-state index in [1.54, 1.807) is 6.92 Å². The fourth-order valence-electron chi connectivity index (χ4n) is 2.44. The Morgan fingerprint density at radius 3 is 2.76 bits per heavy atom. The first-order valence-electron chi connectivity index (χ1n) is 7.00. The maximum Gasteiger partial charge on any atom is 0.471 e. The van der Waals surface area contributed by atoms with Crippen LogP contribution in [0.1, 0.15) is 32.6 Å². The van der Waals surface area contributed by atoms with Crippen LogP contribution in [0.4, 0.5) is 13.2 Å². The van der Waals surface area contributed by atoms with Gasteiger partial charge < -0.3 is 19.5 Å². The quantitative estimate of drug-likeness (QED) is 0.865. The second-order valence-corrected chi connectivity index (χ2v) is 5.22. The van der Waals surface area contributed by atoms with Gasteiger partial charge >= 0.3 is 12.1 Å². The molecule has 2 saturated heterocycles. The van der Waals surface area contributed by atoms with E-state index in [2.05, 4.69) is 0 Å². The number of carbonyl (C=O) groups excluding carboxylic acids is 1. The maximum absolute atomic E-state index is 12.4. The third-order valence-corrected chi connectivity index (χ3v) is 3.54. The summed E-state index contributed by atoms with van der Waals surface area (Å²) in [5, 5.41) is 1.97. The van der Waals surface area contributed by atoms with Crippen LogP contribution in [0.3, 0.4) is 0 Å². The van der Waals surface area contributed by atoms with E-state index < -0.39 is 36.6 Å². The SMILES string of the molecule is CC1O[CH]CC(NC(=O)C(F)(F)F)C1OC1CCCCO1. The fraction of sp³-hybridized carbons (Fsp3) is 0.846. The van der Waals surface area contributed by atoms with Gasteiger partial charge in [-0.1, -0.05) is 0 Å². The van der Waals surface area contributed by atoms with Crippen LogP contribution in [-0.4, -0.2) is 43.2 Å². The van der Waals surface area contributed by atoms with Crippen molar-refractivity contribution in [2.24, 2.45) is 0 Å². The minimum atomic E-state index is -4.91. The first-order chi connectivity index (χ1) is 9.88. The summed E-state index contributed by atoms with van der Waals surface area (Å²) in [7, 11) is 0. The molecule has 0 bridgehead atoms. The highest BCUT2D eigenvalue weighted by Gasteiger charge is 2.43. The summed E-state index contributed by atoms with van der Waals surface area (Å²) in [6.45, 7) is 3.65. The first kappa shape index (κ1) is 16.5. The Bertz CT molecular complexity index is 358. The van der Waals surface area contributed by atoms with E-state index in [9.17, 15) is 18.0 Å². The normalized spacial score (nSPS) is 34.5. The molecule has 21 heavy (non-hydrogen) atoms. The van der Waals surface area contributed by atoms with Crippen LogP contribution in [0.2, 0.25) is 0 Å². The number of ether oxygens (including phenoxy) is 3. The van der Waals surface area contributed by atoms with Gasteiger partial charge in [0, 0.05) is 6.61 Å². The molecular weight excluding hydrogens is 291 g/mol. The van der Waals surface area contributed by atoms with Crippen LogP contribution >= 0.6 is 0 Å². The average Bonchev–Trinajstić information content (AvgIpc) is 2.42. The zero-order valence-corrected chi connectivity index (χ0v) is 11.7. The molecule has 8 heteroatoms. The van der Waals surface area contributed by atoms with Crippen molar-refractivity contribution < 1.29 is 32.2 Å². The van der Waals surface area contributed by atoms with E-state index in [0.717, 1.165) is 12.8 Å². The van der Waals surface area contributed by atoms with Gasteiger partial charge in [-0.2, -0.15) is 13.2 Å². The number of rotatable bonds is 3. The van der Waals surface area contributed by atoms with E-state index in [1.165, 1.54) is 6.61 Å². The molecule has 2 aliphatic rings. The lowest BCUT2D eigenvalue weighted by atomic mass is 10.00. The Balaban J connectivity index is 1.97. The summed E-state index contributed by atoms with van der Waals surface area (Å²) in [6.07, 6.45) is -3.77. The molecular formula is C13H19F3NO4. The number of hydrogen-bond acceptors (Lipinski definition) is 4. The standard InChI is InChI=1S/C13H19F3NO4/c1-8-11(21-10-4-2-3-6-20-10)9(5-7-19-8)17-12(18)13(14,15)16/h7-11H,2-6H2,1H3,(H,17,18). The van der Waals surface area contributed by atoms with Crippen molar-refractivity contribution in [2.45, 2.75) is 63.3 Å². The fourth-order valence-corrected chi connectivity index (χ4v) is 2.44. The van der Waals surface area contributed by atoms with E-state index in [4.69, 9.17) is 14.2 Å². The number of amides is 1. The molecule has 2 heterocycles. The molecule has 1 radical (unpaired) electrons. The average molecular weight is 310 g/mol. The molecule has 0 aromatic heterocycles. The van der Waals surface area contributed by atoms with Crippen LogP contribution in [-0.2, 0) is 19.0 Å². The van der Waals surface area contributed by atoms with Crippen molar-refractivity contribution in [3.05, 3.63) is 6.61 Å². The second-order valence-electron chi connectivity index (χ2n) is 5.22. The Morgan fingerprint density at radius 1 is 1.38 bits per heavy atom. The third kappa shape index (κ3) is 4.55. The Hall–Kier alpha value is -0.860. The molecule has 0 aliphatic carbocycles. The zero-order valence-electron chi connectivity index (χ0n) is 11.7. The molecule has 0 aromatic carbocycles. The topological polar surface area (TPSA) is 56.8 Å². The molecule has 0 spiro atoms. The summed E-state index contributed by atoms with van der Waals surface area (Å²) in [5.41, 5.74) is 0. The summed E-state index contributed by atoms with van der Waals surface area (Å²) in [4.78, 5) is 11.1. The highest BCUT2D eigenvalue weighted by Crippen LogP contribution is 2.26. The summed E-state index contributed by atoms with van der Waals surface area (Å²) < 4.78 is 53.5. The summed E-state index contributed by atoms with van der Waals surface area (Å²) in [5.74, 6) is -1.96. The zero-order chi connectivity index (χ0) is 15.5. The molecule has 2 fully saturated rings. The molecule has 2 rings (SSSR count). The van der Waals surface area contributed by atoms with Crippen LogP contribution in [0.25, 0.3) is 0 Å². The number of hydrogen-bond donors (Lipinski definition) is 1. The van der Waals surface area contributed by atoms with Crippen molar-refractivity contribution in [1.29, 1.82) is 0 Å². The highest BCUT2D eigenvalue weighted by atomic mass is 19.4. The largest absolute Gasteiger partial charge is 0.471 e.